The molecule has 0 N–H and O–H groups in total. The Bertz CT molecular complexity index is 1070. The number of nitrogens with zero attached hydrogens (tertiary/aromatic N) is 3. The second-order valence-electron chi connectivity index (χ2n) is 7.72. The van der Waals surface area contributed by atoms with E-state index >= 15 is 0 Å². The molecule has 1 fully saturated rings. The lowest BCUT2D eigenvalue weighted by molar-refractivity contribution is 0.0747. The molecular formula is C22H25Cl2N3O2. The number of rotatable bonds is 7. The molecule has 154 valence electrons. The van der Waals surface area contributed by atoms with E-state index in [1.807, 2.05) is 24.8 Å². The number of hydrogen-bond donors (Lipinski definition) is 0. The van der Waals surface area contributed by atoms with Crippen molar-refractivity contribution in [2.75, 3.05) is 13.1 Å². The molecule has 0 unspecified atom stereocenters. The van der Waals surface area contributed by atoms with Crippen molar-refractivity contribution >= 4 is 34.8 Å². The molecule has 0 atom stereocenters. The molecule has 7 heteroatoms. The Hall–Kier alpha value is -1.98. The van der Waals surface area contributed by atoms with Gasteiger partial charge < -0.3 is 9.32 Å². The van der Waals surface area contributed by atoms with E-state index in [0.717, 1.165) is 36.5 Å². The van der Waals surface area contributed by atoms with Crippen molar-refractivity contribution in [2.24, 2.45) is 5.92 Å². The third-order valence-electron chi connectivity index (χ3n) is 5.40. The summed E-state index contributed by atoms with van der Waals surface area (Å²) in [5.74, 6) is 1.30. The molecule has 0 spiro atoms. The van der Waals surface area contributed by atoms with Crippen LogP contribution < -0.4 is 0 Å². The van der Waals surface area contributed by atoms with Crippen molar-refractivity contribution in [3.05, 3.63) is 45.3 Å². The summed E-state index contributed by atoms with van der Waals surface area (Å²) in [6, 6.07) is 5.34. The summed E-state index contributed by atoms with van der Waals surface area (Å²) in [7, 11) is 0. The number of carbonyl (C=O) groups is 1. The SMILES string of the molecule is CCCN(CC1CC1)C(=O)c1c(CC)nn2c(-c3ccc(Cl)cc3Cl)c(C)oc12. The maximum absolute atomic E-state index is 13.5. The minimum absolute atomic E-state index is 0.00750. The van der Waals surface area contributed by atoms with Gasteiger partial charge in [-0.3, -0.25) is 4.79 Å². The van der Waals surface area contributed by atoms with Crippen LogP contribution in [0.1, 0.15) is 54.9 Å². The first-order valence-electron chi connectivity index (χ1n) is 10.2. The van der Waals surface area contributed by atoms with E-state index in [1.165, 1.54) is 12.8 Å². The van der Waals surface area contributed by atoms with Crippen LogP contribution in [-0.4, -0.2) is 33.5 Å². The summed E-state index contributed by atoms with van der Waals surface area (Å²) in [6.45, 7) is 7.52. The molecule has 1 aliphatic carbocycles. The van der Waals surface area contributed by atoms with Gasteiger partial charge in [-0.1, -0.05) is 37.0 Å². The number of carbonyl (C=O) groups excluding carboxylic acids is 1. The Kier molecular flexibility index (Phi) is 5.63. The molecule has 0 bridgehead atoms. The van der Waals surface area contributed by atoms with E-state index < -0.39 is 0 Å². The zero-order chi connectivity index (χ0) is 20.7. The highest BCUT2D eigenvalue weighted by atomic mass is 35.5. The van der Waals surface area contributed by atoms with E-state index in [0.29, 0.717) is 39.4 Å². The minimum atomic E-state index is 0.00750. The smallest absolute Gasteiger partial charge is 0.261 e. The zero-order valence-electron chi connectivity index (χ0n) is 17.0. The molecule has 5 nitrogen and oxygen atoms in total. The third-order valence-corrected chi connectivity index (χ3v) is 5.95. The Morgan fingerprint density at radius 2 is 2.07 bits per heavy atom. The van der Waals surface area contributed by atoms with Gasteiger partial charge in [-0.2, -0.15) is 9.61 Å². The van der Waals surface area contributed by atoms with Crippen molar-refractivity contribution in [1.82, 2.24) is 14.5 Å². The van der Waals surface area contributed by atoms with E-state index in [-0.39, 0.29) is 5.91 Å². The zero-order valence-corrected chi connectivity index (χ0v) is 18.5. The standard InChI is InChI=1S/C22H25Cl2N3O2/c1-4-10-26(12-14-6-7-14)21(28)19-18(5-2)25-27-20(13(3)29-22(19)27)16-9-8-15(23)11-17(16)24/h8-9,11,14H,4-7,10,12H2,1-3H3. The molecule has 3 aromatic rings. The van der Waals surface area contributed by atoms with Gasteiger partial charge >= 0.3 is 0 Å². The number of oxazole rings is 1. The van der Waals surface area contributed by atoms with Crippen LogP contribution in [0.25, 0.3) is 17.0 Å². The van der Waals surface area contributed by atoms with Crippen LogP contribution in [0.5, 0.6) is 0 Å². The van der Waals surface area contributed by atoms with Gasteiger partial charge in [0.15, 0.2) is 0 Å². The average Bonchev–Trinajstić information content (AvgIpc) is 3.35. The Morgan fingerprint density at radius 1 is 1.31 bits per heavy atom. The predicted molar refractivity (Wildman–Crippen MR) is 116 cm³/mol. The van der Waals surface area contributed by atoms with Crippen molar-refractivity contribution < 1.29 is 9.21 Å². The molecule has 1 amide bonds. The Labute approximate surface area is 180 Å². The van der Waals surface area contributed by atoms with Gasteiger partial charge in [0.1, 0.15) is 17.0 Å². The summed E-state index contributed by atoms with van der Waals surface area (Å²) in [5.41, 5.74) is 3.33. The van der Waals surface area contributed by atoms with Crippen LogP contribution >= 0.6 is 23.2 Å². The van der Waals surface area contributed by atoms with Crippen LogP contribution in [0.3, 0.4) is 0 Å². The largest absolute Gasteiger partial charge is 0.440 e. The third kappa shape index (κ3) is 3.78. The molecule has 2 aromatic heterocycles. The first-order chi connectivity index (χ1) is 13.9. The van der Waals surface area contributed by atoms with Crippen molar-refractivity contribution in [3.63, 3.8) is 0 Å². The summed E-state index contributed by atoms with van der Waals surface area (Å²) >= 11 is 12.5. The molecule has 0 saturated heterocycles. The van der Waals surface area contributed by atoms with Gasteiger partial charge in [-0.25, -0.2) is 0 Å². The maximum atomic E-state index is 13.5. The second kappa shape index (κ2) is 8.04. The number of aromatic nitrogens is 2. The van der Waals surface area contributed by atoms with Crippen LogP contribution in [0.15, 0.2) is 22.6 Å². The van der Waals surface area contributed by atoms with Gasteiger partial charge in [-0.05, 0) is 56.7 Å². The predicted octanol–water partition coefficient (Wildman–Crippen LogP) is 6.03. The van der Waals surface area contributed by atoms with E-state index in [9.17, 15) is 4.79 Å². The second-order valence-corrected chi connectivity index (χ2v) is 8.56. The van der Waals surface area contributed by atoms with E-state index in [1.54, 1.807) is 16.6 Å². The number of benzene rings is 1. The molecule has 2 heterocycles. The average molecular weight is 434 g/mol. The highest BCUT2D eigenvalue weighted by Gasteiger charge is 2.32. The molecular weight excluding hydrogens is 409 g/mol. The molecule has 4 rings (SSSR count). The van der Waals surface area contributed by atoms with Crippen LogP contribution in [0.4, 0.5) is 0 Å². The van der Waals surface area contributed by atoms with E-state index in [4.69, 9.17) is 32.7 Å². The van der Waals surface area contributed by atoms with Gasteiger partial charge in [0.25, 0.3) is 5.91 Å². The first-order valence-corrected chi connectivity index (χ1v) is 11.0. The summed E-state index contributed by atoms with van der Waals surface area (Å²) in [5, 5.41) is 5.82. The van der Waals surface area contributed by atoms with Crippen molar-refractivity contribution in [2.45, 2.75) is 46.5 Å². The van der Waals surface area contributed by atoms with Gasteiger partial charge in [0.05, 0.1) is 10.7 Å². The fourth-order valence-corrected chi connectivity index (χ4v) is 4.30. The van der Waals surface area contributed by atoms with Crippen molar-refractivity contribution in [1.29, 1.82) is 0 Å². The molecule has 1 aromatic carbocycles. The van der Waals surface area contributed by atoms with Crippen molar-refractivity contribution in [3.8, 4) is 11.3 Å². The fraction of sp³-hybridized carbons (Fsp3) is 0.455. The lowest BCUT2D eigenvalue weighted by atomic mass is 10.1. The van der Waals surface area contributed by atoms with Gasteiger partial charge in [0, 0.05) is 23.7 Å². The lowest BCUT2D eigenvalue weighted by Gasteiger charge is -2.21. The summed E-state index contributed by atoms with van der Waals surface area (Å²) in [4.78, 5) is 15.4. The monoisotopic (exact) mass is 433 g/mol. The van der Waals surface area contributed by atoms with Crippen LogP contribution in [0.2, 0.25) is 10.0 Å². The van der Waals surface area contributed by atoms with Crippen LogP contribution in [0, 0.1) is 12.8 Å². The number of fused-ring (bicyclic) bond motifs is 1. The molecule has 0 aliphatic heterocycles. The minimum Gasteiger partial charge on any atom is -0.440 e. The lowest BCUT2D eigenvalue weighted by Crippen LogP contribution is -2.34. The van der Waals surface area contributed by atoms with Gasteiger partial charge in [0.2, 0.25) is 5.71 Å². The fourth-order valence-electron chi connectivity index (χ4n) is 3.80. The summed E-state index contributed by atoms with van der Waals surface area (Å²) < 4.78 is 7.80. The first kappa shape index (κ1) is 20.3. The molecule has 29 heavy (non-hydrogen) atoms. The molecule has 1 aliphatic rings. The van der Waals surface area contributed by atoms with E-state index in [2.05, 4.69) is 6.92 Å². The number of hydrogen-bond acceptors (Lipinski definition) is 3. The summed E-state index contributed by atoms with van der Waals surface area (Å²) in [6.07, 6.45) is 3.98. The topological polar surface area (TPSA) is 50.8 Å². The van der Waals surface area contributed by atoms with Gasteiger partial charge in [-0.15, -0.1) is 0 Å². The maximum Gasteiger partial charge on any atom is 0.261 e. The number of halogens is 2. The number of aryl methyl sites for hydroxylation is 2. The molecule has 1 saturated carbocycles. The Balaban J connectivity index is 1.84. The highest BCUT2D eigenvalue weighted by Crippen LogP contribution is 2.36. The number of amides is 1. The normalized spacial score (nSPS) is 14.0. The van der Waals surface area contributed by atoms with Crippen LogP contribution in [-0.2, 0) is 6.42 Å². The Morgan fingerprint density at radius 3 is 2.69 bits per heavy atom. The molecule has 0 radical (unpaired) electrons. The highest BCUT2D eigenvalue weighted by molar-refractivity contribution is 6.36. The quantitative estimate of drug-likeness (QED) is 0.456.